The van der Waals surface area contributed by atoms with Gasteiger partial charge in [-0.05, 0) is 18.1 Å². The summed E-state index contributed by atoms with van der Waals surface area (Å²) in [5.74, 6) is 1.46. The van der Waals surface area contributed by atoms with Gasteiger partial charge in [-0.3, -0.25) is 4.99 Å². The van der Waals surface area contributed by atoms with Gasteiger partial charge in [0.05, 0.1) is 12.3 Å². The maximum atomic E-state index is 10.7. The first-order valence-corrected chi connectivity index (χ1v) is 4.13. The van der Waals surface area contributed by atoms with Crippen LogP contribution in [0.2, 0.25) is 0 Å². The third-order valence-electron chi connectivity index (χ3n) is 1.07. The van der Waals surface area contributed by atoms with E-state index >= 15 is 0 Å². The van der Waals surface area contributed by atoms with Crippen LogP contribution in [-0.4, -0.2) is 28.3 Å². The van der Waals surface area contributed by atoms with E-state index in [2.05, 4.69) is 4.99 Å². The van der Waals surface area contributed by atoms with Gasteiger partial charge in [0.2, 0.25) is 0 Å². The van der Waals surface area contributed by atoms with Crippen LogP contribution < -0.4 is 0 Å². The molecule has 0 radical (unpaired) electrons. The second-order valence-electron chi connectivity index (χ2n) is 1.91. The molecule has 0 amide bonds. The first-order valence-electron chi connectivity index (χ1n) is 2.64. The molecule has 1 aliphatic heterocycles. The third-order valence-corrected chi connectivity index (χ3v) is 2.45. The fourth-order valence-corrected chi connectivity index (χ4v) is 1.69. The van der Waals surface area contributed by atoms with Crippen molar-refractivity contribution in [2.45, 2.75) is 6.92 Å². The lowest BCUT2D eigenvalue weighted by molar-refractivity contribution is 0.597. The van der Waals surface area contributed by atoms with Crippen LogP contribution in [-0.2, 0) is 11.2 Å². The molecule has 0 aromatic rings. The summed E-state index contributed by atoms with van der Waals surface area (Å²) in [6.07, 6.45) is 0. The van der Waals surface area contributed by atoms with Crippen molar-refractivity contribution >= 4 is 16.9 Å². The van der Waals surface area contributed by atoms with E-state index in [-0.39, 0.29) is 0 Å². The highest BCUT2D eigenvalue weighted by atomic mass is 32.2. The zero-order chi connectivity index (χ0) is 5.98. The molecule has 0 fully saturated rings. The van der Waals surface area contributed by atoms with Crippen LogP contribution in [0.3, 0.4) is 0 Å². The van der Waals surface area contributed by atoms with Crippen molar-refractivity contribution < 1.29 is 4.55 Å². The molecule has 1 rings (SSSR count). The van der Waals surface area contributed by atoms with Crippen molar-refractivity contribution in [3.63, 3.8) is 0 Å². The minimum atomic E-state index is -0.601. The SMILES string of the molecule is CC1=NCC[S+]([O-])C1. The molecule has 0 bridgehead atoms. The molecule has 2 nitrogen and oxygen atoms in total. The summed E-state index contributed by atoms with van der Waals surface area (Å²) in [4.78, 5) is 4.10. The van der Waals surface area contributed by atoms with Crippen LogP contribution in [0.4, 0.5) is 0 Å². The Bertz CT molecular complexity index is 113. The van der Waals surface area contributed by atoms with E-state index in [0.29, 0.717) is 5.75 Å². The molecule has 0 aliphatic carbocycles. The largest absolute Gasteiger partial charge is 0.616 e. The number of aliphatic imine (C=N–C) groups is 1. The Morgan fingerprint density at radius 3 is 2.88 bits per heavy atom. The first-order chi connectivity index (χ1) is 3.79. The molecular formula is C5H9NOS. The average Bonchev–Trinajstić information content (AvgIpc) is 1.64. The number of nitrogens with zero attached hydrogens (tertiary/aromatic N) is 1. The molecule has 0 N–H and O–H groups in total. The lowest BCUT2D eigenvalue weighted by Gasteiger charge is -2.13. The highest BCUT2D eigenvalue weighted by Gasteiger charge is 2.11. The van der Waals surface area contributed by atoms with Gasteiger partial charge < -0.3 is 4.55 Å². The normalized spacial score (nSPS) is 29.8. The summed E-state index contributed by atoms with van der Waals surface area (Å²) in [6, 6.07) is 0. The molecule has 1 atom stereocenters. The zero-order valence-corrected chi connectivity index (χ0v) is 5.70. The minimum absolute atomic E-state index is 0.601. The smallest absolute Gasteiger partial charge is 0.142 e. The summed E-state index contributed by atoms with van der Waals surface area (Å²) in [6.45, 7) is 2.69. The van der Waals surface area contributed by atoms with Gasteiger partial charge in [0.1, 0.15) is 11.5 Å². The summed E-state index contributed by atoms with van der Waals surface area (Å²) in [7, 11) is 0. The Hall–Kier alpha value is -0.0200. The summed E-state index contributed by atoms with van der Waals surface area (Å²) in [5.41, 5.74) is 1.04. The molecule has 1 unspecified atom stereocenters. The van der Waals surface area contributed by atoms with Gasteiger partial charge in [-0.25, -0.2) is 0 Å². The average molecular weight is 131 g/mol. The van der Waals surface area contributed by atoms with Crippen molar-refractivity contribution in [2.24, 2.45) is 4.99 Å². The minimum Gasteiger partial charge on any atom is -0.616 e. The monoisotopic (exact) mass is 131 g/mol. The second-order valence-corrected chi connectivity index (χ2v) is 3.48. The predicted octanol–water partition coefficient (Wildman–Crippen LogP) is 0.210. The van der Waals surface area contributed by atoms with Crippen LogP contribution >= 0.6 is 0 Å². The van der Waals surface area contributed by atoms with Gasteiger partial charge in [-0.1, -0.05) is 0 Å². The van der Waals surface area contributed by atoms with Crippen LogP contribution in [0, 0.1) is 0 Å². The number of hydrogen-bond donors (Lipinski definition) is 0. The van der Waals surface area contributed by atoms with Gasteiger partial charge in [0, 0.05) is 0 Å². The van der Waals surface area contributed by atoms with E-state index in [1.807, 2.05) is 6.92 Å². The zero-order valence-electron chi connectivity index (χ0n) is 4.89. The number of hydrogen-bond acceptors (Lipinski definition) is 2. The lowest BCUT2D eigenvalue weighted by Crippen LogP contribution is -2.23. The highest BCUT2D eigenvalue weighted by Crippen LogP contribution is 1.98. The van der Waals surface area contributed by atoms with E-state index in [1.165, 1.54) is 0 Å². The van der Waals surface area contributed by atoms with E-state index in [9.17, 15) is 4.55 Å². The molecule has 0 aromatic carbocycles. The summed E-state index contributed by atoms with van der Waals surface area (Å²) < 4.78 is 10.7. The molecule has 8 heavy (non-hydrogen) atoms. The van der Waals surface area contributed by atoms with Crippen molar-refractivity contribution in [3.05, 3.63) is 0 Å². The summed E-state index contributed by atoms with van der Waals surface area (Å²) in [5, 5.41) is 0. The molecule has 3 heteroatoms. The maximum absolute atomic E-state index is 10.7. The Morgan fingerprint density at radius 1 is 1.75 bits per heavy atom. The van der Waals surface area contributed by atoms with E-state index in [4.69, 9.17) is 0 Å². The fraction of sp³-hybridized carbons (Fsp3) is 0.800. The van der Waals surface area contributed by atoms with Crippen molar-refractivity contribution in [3.8, 4) is 0 Å². The van der Waals surface area contributed by atoms with Gasteiger partial charge >= 0.3 is 0 Å². The highest BCUT2D eigenvalue weighted by molar-refractivity contribution is 7.92. The van der Waals surface area contributed by atoms with Crippen LogP contribution in [0.25, 0.3) is 0 Å². The Balaban J connectivity index is 2.45. The predicted molar refractivity (Wildman–Crippen MR) is 35.9 cm³/mol. The van der Waals surface area contributed by atoms with Gasteiger partial charge in [-0.15, -0.1) is 0 Å². The molecule has 0 aromatic heterocycles. The van der Waals surface area contributed by atoms with Gasteiger partial charge in [0.25, 0.3) is 0 Å². The van der Waals surface area contributed by atoms with Crippen LogP contribution in [0.1, 0.15) is 6.92 Å². The lowest BCUT2D eigenvalue weighted by atomic mass is 10.5. The van der Waals surface area contributed by atoms with E-state index < -0.39 is 11.2 Å². The van der Waals surface area contributed by atoms with E-state index in [0.717, 1.165) is 18.0 Å². The molecule has 0 saturated carbocycles. The van der Waals surface area contributed by atoms with Crippen LogP contribution in [0.15, 0.2) is 4.99 Å². The van der Waals surface area contributed by atoms with Crippen molar-refractivity contribution in [2.75, 3.05) is 18.1 Å². The molecular weight excluding hydrogens is 122 g/mol. The van der Waals surface area contributed by atoms with Crippen LogP contribution in [0.5, 0.6) is 0 Å². The van der Waals surface area contributed by atoms with Gasteiger partial charge in [-0.2, -0.15) is 0 Å². The molecule has 46 valence electrons. The molecule has 1 heterocycles. The molecule has 0 spiro atoms. The Morgan fingerprint density at radius 2 is 2.50 bits per heavy atom. The quantitative estimate of drug-likeness (QED) is 0.433. The summed E-state index contributed by atoms with van der Waals surface area (Å²) >= 11 is -0.601. The number of rotatable bonds is 0. The van der Waals surface area contributed by atoms with Gasteiger partial charge in [0.15, 0.2) is 0 Å². The Kier molecular flexibility index (Phi) is 1.91. The first kappa shape index (κ1) is 6.11. The topological polar surface area (TPSA) is 35.4 Å². The maximum Gasteiger partial charge on any atom is 0.142 e. The standard InChI is InChI=1S/C5H9NOS/c1-5-4-8(7)3-2-6-5/h2-4H2,1H3. The Labute approximate surface area is 52.2 Å². The third kappa shape index (κ3) is 1.49. The molecule has 1 aliphatic rings. The molecule has 0 saturated heterocycles. The van der Waals surface area contributed by atoms with Crippen molar-refractivity contribution in [1.29, 1.82) is 0 Å². The second kappa shape index (κ2) is 2.51. The van der Waals surface area contributed by atoms with Crippen molar-refractivity contribution in [1.82, 2.24) is 0 Å². The fourth-order valence-electron chi connectivity index (χ4n) is 0.689. The van der Waals surface area contributed by atoms with E-state index in [1.54, 1.807) is 0 Å².